The first-order chi connectivity index (χ1) is 15.8. The number of halogens is 2. The second-order valence-corrected chi connectivity index (χ2v) is 9.07. The second-order valence-electron chi connectivity index (χ2n) is 7.28. The van der Waals surface area contributed by atoms with E-state index in [2.05, 4.69) is 27.4 Å². The van der Waals surface area contributed by atoms with Crippen LogP contribution in [0.25, 0.3) is 0 Å². The molecule has 0 aliphatic rings. The highest BCUT2D eigenvalue weighted by Crippen LogP contribution is 2.26. The Morgan fingerprint density at radius 1 is 1.06 bits per heavy atom. The maximum absolute atomic E-state index is 12.6. The lowest BCUT2D eigenvalue weighted by Gasteiger charge is -2.10. The van der Waals surface area contributed by atoms with E-state index in [-0.39, 0.29) is 24.0 Å². The number of benzene rings is 2. The summed E-state index contributed by atoms with van der Waals surface area (Å²) in [6, 6.07) is 10.6. The predicted octanol–water partition coefficient (Wildman–Crippen LogP) is 5.30. The number of aromatic nitrogens is 3. The lowest BCUT2D eigenvalue weighted by Crippen LogP contribution is -2.18. The van der Waals surface area contributed by atoms with E-state index in [1.165, 1.54) is 11.8 Å². The van der Waals surface area contributed by atoms with Gasteiger partial charge in [-0.05, 0) is 55.3 Å². The van der Waals surface area contributed by atoms with E-state index in [1.807, 2.05) is 32.0 Å². The first-order valence-corrected chi connectivity index (χ1v) is 11.8. The molecule has 0 saturated heterocycles. The number of carbonyl (C=O) groups excluding carboxylic acids is 2. The van der Waals surface area contributed by atoms with Gasteiger partial charge in [0, 0.05) is 17.3 Å². The van der Waals surface area contributed by atoms with Crippen LogP contribution >= 0.6 is 35.0 Å². The molecule has 0 saturated carbocycles. The Bertz CT molecular complexity index is 1200. The van der Waals surface area contributed by atoms with Crippen LogP contribution in [0, 0.1) is 13.8 Å². The summed E-state index contributed by atoms with van der Waals surface area (Å²) in [7, 11) is 0. The summed E-state index contributed by atoms with van der Waals surface area (Å²) >= 11 is 13.3. The maximum Gasteiger partial charge on any atom is 0.234 e. The number of rotatable bonds is 9. The average Bonchev–Trinajstić information content (AvgIpc) is 3.13. The Morgan fingerprint density at radius 3 is 2.58 bits per heavy atom. The highest BCUT2D eigenvalue weighted by molar-refractivity contribution is 7.99. The van der Waals surface area contributed by atoms with Crippen molar-refractivity contribution < 1.29 is 9.59 Å². The van der Waals surface area contributed by atoms with E-state index in [0.717, 1.165) is 16.8 Å². The number of anilines is 2. The molecule has 2 aromatic carbocycles. The molecular weight excluding hydrogens is 481 g/mol. The Kier molecular flexibility index (Phi) is 8.55. The van der Waals surface area contributed by atoms with Crippen LogP contribution in [0.1, 0.15) is 17.0 Å². The van der Waals surface area contributed by atoms with Crippen molar-refractivity contribution in [2.24, 2.45) is 0 Å². The number of allylic oxidation sites excluding steroid dienone is 1. The maximum atomic E-state index is 12.6. The minimum Gasteiger partial charge on any atom is -0.326 e. The van der Waals surface area contributed by atoms with E-state index in [9.17, 15) is 9.59 Å². The van der Waals surface area contributed by atoms with Crippen LogP contribution in [0.4, 0.5) is 11.4 Å². The van der Waals surface area contributed by atoms with E-state index in [1.54, 1.807) is 28.8 Å². The van der Waals surface area contributed by atoms with Crippen molar-refractivity contribution in [2.75, 3.05) is 16.4 Å². The topological polar surface area (TPSA) is 88.9 Å². The molecule has 1 heterocycles. The fourth-order valence-electron chi connectivity index (χ4n) is 2.95. The van der Waals surface area contributed by atoms with Gasteiger partial charge < -0.3 is 15.2 Å². The van der Waals surface area contributed by atoms with Crippen LogP contribution in [0.15, 0.2) is 54.2 Å². The van der Waals surface area contributed by atoms with Gasteiger partial charge in [0.05, 0.1) is 22.9 Å². The standard InChI is InChI=1S/C23H23Cl2N5O2S/c1-4-9-30-20(12-21(31)26-17-7-5-14(2)15(3)10-17)28-29-23(30)33-13-22(32)27-19-11-16(24)6-8-18(19)25/h4-8,10-11H,1,9,12-13H2,2-3H3,(H,26,31)(H,27,32). The van der Waals surface area contributed by atoms with E-state index in [4.69, 9.17) is 23.2 Å². The number of nitrogens with one attached hydrogen (secondary N) is 2. The van der Waals surface area contributed by atoms with Gasteiger partial charge in [0.15, 0.2) is 5.16 Å². The number of thioether (sulfide) groups is 1. The van der Waals surface area contributed by atoms with E-state index < -0.39 is 0 Å². The van der Waals surface area contributed by atoms with Crippen LogP contribution in [0.3, 0.4) is 0 Å². The van der Waals surface area contributed by atoms with E-state index >= 15 is 0 Å². The van der Waals surface area contributed by atoms with E-state index in [0.29, 0.717) is 33.3 Å². The predicted molar refractivity (Wildman–Crippen MR) is 134 cm³/mol. The summed E-state index contributed by atoms with van der Waals surface area (Å²) in [5.41, 5.74) is 3.41. The number of carbonyl (C=O) groups is 2. The summed E-state index contributed by atoms with van der Waals surface area (Å²) in [4.78, 5) is 24.9. The molecule has 0 spiro atoms. The highest BCUT2D eigenvalue weighted by atomic mass is 35.5. The van der Waals surface area contributed by atoms with Gasteiger partial charge in [-0.2, -0.15) is 0 Å². The summed E-state index contributed by atoms with van der Waals surface area (Å²) in [5, 5.41) is 15.3. The monoisotopic (exact) mass is 503 g/mol. The quantitative estimate of drug-likeness (QED) is 0.305. The van der Waals surface area contributed by atoms with Gasteiger partial charge in [-0.15, -0.1) is 16.8 Å². The van der Waals surface area contributed by atoms with Crippen LogP contribution in [-0.2, 0) is 22.6 Å². The van der Waals surface area contributed by atoms with Crippen molar-refractivity contribution in [3.63, 3.8) is 0 Å². The fourth-order valence-corrected chi connectivity index (χ4v) is 4.05. The summed E-state index contributed by atoms with van der Waals surface area (Å²) in [5.74, 6) is 0.0803. The zero-order valence-electron chi connectivity index (χ0n) is 18.2. The van der Waals surface area contributed by atoms with Gasteiger partial charge >= 0.3 is 0 Å². The third kappa shape index (κ3) is 6.83. The molecule has 2 amide bonds. The molecule has 3 rings (SSSR count). The molecule has 10 heteroatoms. The number of aryl methyl sites for hydroxylation is 2. The van der Waals surface area contributed by atoms with Gasteiger partial charge in [0.25, 0.3) is 0 Å². The molecule has 3 aromatic rings. The Morgan fingerprint density at radius 2 is 1.85 bits per heavy atom. The molecule has 2 N–H and O–H groups in total. The van der Waals surface area contributed by atoms with Crippen molar-refractivity contribution in [3.05, 3.63) is 76.0 Å². The van der Waals surface area contributed by atoms with Crippen LogP contribution < -0.4 is 10.6 Å². The zero-order chi connectivity index (χ0) is 24.0. The van der Waals surface area contributed by atoms with Crippen LogP contribution in [-0.4, -0.2) is 32.3 Å². The normalized spacial score (nSPS) is 10.7. The SMILES string of the molecule is C=CCn1c(CC(=O)Nc2ccc(C)c(C)c2)nnc1SCC(=O)Nc1cc(Cl)ccc1Cl. The molecule has 7 nitrogen and oxygen atoms in total. The van der Waals surface area contributed by atoms with Crippen molar-refractivity contribution in [1.29, 1.82) is 0 Å². The zero-order valence-corrected chi connectivity index (χ0v) is 20.5. The summed E-state index contributed by atoms with van der Waals surface area (Å²) in [6.45, 7) is 8.17. The number of hydrogen-bond donors (Lipinski definition) is 2. The van der Waals surface area contributed by atoms with Crippen molar-refractivity contribution >= 4 is 58.2 Å². The molecular formula is C23H23Cl2N5O2S. The van der Waals surface area contributed by atoms with Gasteiger partial charge in [-0.1, -0.05) is 47.1 Å². The summed E-state index contributed by atoms with van der Waals surface area (Å²) < 4.78 is 1.76. The van der Waals surface area contributed by atoms with Crippen LogP contribution in [0.2, 0.25) is 10.0 Å². The van der Waals surface area contributed by atoms with Crippen molar-refractivity contribution in [3.8, 4) is 0 Å². The van der Waals surface area contributed by atoms with Crippen molar-refractivity contribution in [1.82, 2.24) is 14.8 Å². The Hall–Kier alpha value is -2.81. The Balaban J connectivity index is 1.64. The molecule has 1 aromatic heterocycles. The fraction of sp³-hybridized carbons (Fsp3) is 0.217. The van der Waals surface area contributed by atoms with Gasteiger partial charge in [0.2, 0.25) is 11.8 Å². The molecule has 172 valence electrons. The van der Waals surface area contributed by atoms with Gasteiger partial charge in [0.1, 0.15) is 5.82 Å². The molecule has 0 unspecified atom stereocenters. The third-order valence-corrected chi connectivity index (χ3v) is 6.28. The minimum atomic E-state index is -0.272. The molecule has 0 aliphatic heterocycles. The first kappa shape index (κ1) is 24.8. The molecule has 0 fully saturated rings. The molecule has 33 heavy (non-hydrogen) atoms. The minimum absolute atomic E-state index is 0.0403. The van der Waals surface area contributed by atoms with Gasteiger partial charge in [-0.3, -0.25) is 9.59 Å². The number of hydrogen-bond acceptors (Lipinski definition) is 5. The Labute approximate surface area is 206 Å². The number of amides is 2. The molecule has 0 atom stereocenters. The first-order valence-electron chi connectivity index (χ1n) is 10.0. The number of nitrogens with zero attached hydrogens (tertiary/aromatic N) is 3. The molecule has 0 bridgehead atoms. The lowest BCUT2D eigenvalue weighted by atomic mass is 10.1. The summed E-state index contributed by atoms with van der Waals surface area (Å²) in [6.07, 6.45) is 1.72. The largest absolute Gasteiger partial charge is 0.326 e. The lowest BCUT2D eigenvalue weighted by molar-refractivity contribution is -0.116. The second kappa shape index (κ2) is 11.4. The van der Waals surface area contributed by atoms with Crippen molar-refractivity contribution in [2.45, 2.75) is 32.0 Å². The van der Waals surface area contributed by atoms with Gasteiger partial charge in [-0.25, -0.2) is 0 Å². The molecule has 0 aliphatic carbocycles. The van der Waals surface area contributed by atoms with Crippen LogP contribution in [0.5, 0.6) is 0 Å². The highest BCUT2D eigenvalue weighted by Gasteiger charge is 2.17. The molecule has 0 radical (unpaired) electrons. The third-order valence-electron chi connectivity index (χ3n) is 4.75. The average molecular weight is 504 g/mol. The smallest absolute Gasteiger partial charge is 0.234 e.